The van der Waals surface area contributed by atoms with Gasteiger partial charge < -0.3 is 10.2 Å². The summed E-state index contributed by atoms with van der Waals surface area (Å²) >= 11 is 0. The molecule has 0 aromatic carbocycles. The Morgan fingerprint density at radius 1 is 1.23 bits per heavy atom. The highest BCUT2D eigenvalue weighted by atomic mass is 19.2. The Bertz CT molecular complexity index is 153. The van der Waals surface area contributed by atoms with E-state index in [1.165, 1.54) is 6.42 Å². The lowest BCUT2D eigenvalue weighted by atomic mass is 9.95. The minimum absolute atomic E-state index is 0.125. The Hall–Kier alpha value is -0.150. The summed E-state index contributed by atoms with van der Waals surface area (Å²) in [6.07, 6.45) is 5.08. The lowest BCUT2D eigenvalue weighted by Crippen LogP contribution is -2.24. The molecule has 0 saturated heterocycles. The number of halogens is 1. The van der Waals surface area contributed by atoms with Gasteiger partial charge in [-0.15, -0.1) is 0 Å². The highest BCUT2D eigenvalue weighted by molar-refractivity contribution is 4.70. The number of hydrogen-bond donors (Lipinski definition) is 2. The van der Waals surface area contributed by atoms with Crippen molar-refractivity contribution in [1.29, 1.82) is 0 Å². The third-order valence-electron chi connectivity index (χ3n) is 2.93. The summed E-state index contributed by atoms with van der Waals surface area (Å²) in [5.41, 5.74) is 0. The van der Waals surface area contributed by atoms with Crippen molar-refractivity contribution in [3.05, 3.63) is 0 Å². The van der Waals surface area contributed by atoms with E-state index >= 15 is 0 Å². The van der Waals surface area contributed by atoms with Gasteiger partial charge in [0.1, 0.15) is 0 Å². The Morgan fingerprint density at radius 3 is 2.54 bits per heavy atom. The zero-order chi connectivity index (χ0) is 9.90. The van der Waals surface area contributed by atoms with Gasteiger partial charge in [-0.1, -0.05) is 32.6 Å². The molecule has 0 amide bonds. The van der Waals surface area contributed by atoms with Crippen LogP contribution < -0.4 is 0 Å². The smallest absolute Gasteiger partial charge is 0.315 e. The zero-order valence-corrected chi connectivity index (χ0v) is 8.17. The first-order chi connectivity index (χ1) is 5.97. The van der Waals surface area contributed by atoms with Gasteiger partial charge in [0.2, 0.25) is 0 Å². The molecule has 0 aromatic rings. The molecule has 0 aromatic heterocycles. The van der Waals surface area contributed by atoms with Gasteiger partial charge in [-0.3, -0.25) is 0 Å². The largest absolute Gasteiger partial charge is 0.340 e. The first kappa shape index (κ1) is 10.9. The van der Waals surface area contributed by atoms with E-state index in [-0.39, 0.29) is 12.3 Å². The van der Waals surface area contributed by atoms with Crippen LogP contribution in [0.25, 0.3) is 0 Å². The minimum atomic E-state index is -2.96. The van der Waals surface area contributed by atoms with Crippen molar-refractivity contribution in [3.8, 4) is 0 Å². The van der Waals surface area contributed by atoms with E-state index in [0.717, 1.165) is 25.7 Å². The minimum Gasteiger partial charge on any atom is -0.340 e. The third kappa shape index (κ3) is 4.58. The van der Waals surface area contributed by atoms with Crippen LogP contribution in [0.1, 0.15) is 45.4 Å². The van der Waals surface area contributed by atoms with Crippen LogP contribution in [-0.2, 0) is 0 Å². The van der Waals surface area contributed by atoms with Gasteiger partial charge in [0.05, 0.1) is 0 Å². The maximum atomic E-state index is 12.5. The van der Waals surface area contributed by atoms with Crippen LogP contribution in [-0.4, -0.2) is 16.3 Å². The van der Waals surface area contributed by atoms with Gasteiger partial charge in [0, 0.05) is 6.42 Å². The molecule has 1 saturated carbocycles. The van der Waals surface area contributed by atoms with Crippen LogP contribution >= 0.6 is 0 Å². The molecule has 0 spiro atoms. The van der Waals surface area contributed by atoms with Gasteiger partial charge in [-0.2, -0.15) is 4.39 Å². The first-order valence-electron chi connectivity index (χ1n) is 5.11. The third-order valence-corrected chi connectivity index (χ3v) is 2.93. The summed E-state index contributed by atoms with van der Waals surface area (Å²) in [4.78, 5) is 0. The molecule has 0 bridgehead atoms. The van der Waals surface area contributed by atoms with E-state index in [4.69, 9.17) is 10.2 Å². The van der Waals surface area contributed by atoms with Crippen molar-refractivity contribution in [1.82, 2.24) is 0 Å². The first-order valence-corrected chi connectivity index (χ1v) is 5.11. The zero-order valence-electron chi connectivity index (χ0n) is 8.17. The summed E-state index contributed by atoms with van der Waals surface area (Å²) in [5, 5.41) is 17.2. The SMILES string of the molecule is CC1CCCC(CC(O)(O)F)CC1. The summed E-state index contributed by atoms with van der Waals surface area (Å²) < 4.78 is 12.5. The highest BCUT2D eigenvalue weighted by Crippen LogP contribution is 2.31. The lowest BCUT2D eigenvalue weighted by molar-refractivity contribution is -0.268. The second-order valence-electron chi connectivity index (χ2n) is 4.40. The van der Waals surface area contributed by atoms with E-state index in [1.54, 1.807) is 0 Å². The van der Waals surface area contributed by atoms with Crippen molar-refractivity contribution in [2.24, 2.45) is 11.8 Å². The number of alkyl halides is 1. The molecule has 1 aliphatic carbocycles. The molecule has 0 aliphatic heterocycles. The van der Waals surface area contributed by atoms with Gasteiger partial charge in [-0.05, 0) is 18.3 Å². The van der Waals surface area contributed by atoms with E-state index in [0.29, 0.717) is 5.92 Å². The average Bonchev–Trinajstić information content (AvgIpc) is 2.12. The molecule has 1 rings (SSSR count). The fraction of sp³-hybridized carbons (Fsp3) is 1.00. The van der Waals surface area contributed by atoms with E-state index in [1.807, 2.05) is 0 Å². The quantitative estimate of drug-likeness (QED) is 0.517. The molecule has 1 fully saturated rings. The molecule has 0 radical (unpaired) electrons. The van der Waals surface area contributed by atoms with Crippen molar-refractivity contribution in [3.63, 3.8) is 0 Å². The fourth-order valence-corrected chi connectivity index (χ4v) is 2.14. The van der Waals surface area contributed by atoms with Crippen LogP contribution in [0.2, 0.25) is 0 Å². The van der Waals surface area contributed by atoms with E-state index < -0.39 is 6.04 Å². The standard InChI is InChI=1S/C10H19FO2/c1-8-3-2-4-9(6-5-8)7-10(11,12)13/h8-9,12-13H,2-7H2,1H3. The molecule has 2 N–H and O–H groups in total. The van der Waals surface area contributed by atoms with Crippen LogP contribution in [0, 0.1) is 11.8 Å². The van der Waals surface area contributed by atoms with Crippen LogP contribution in [0.5, 0.6) is 0 Å². The van der Waals surface area contributed by atoms with Crippen LogP contribution in [0.4, 0.5) is 4.39 Å². The Morgan fingerprint density at radius 2 is 1.92 bits per heavy atom. The molecule has 2 atom stereocenters. The average molecular weight is 190 g/mol. The molecule has 2 unspecified atom stereocenters. The van der Waals surface area contributed by atoms with Crippen LogP contribution in [0.15, 0.2) is 0 Å². The molecule has 13 heavy (non-hydrogen) atoms. The molecular weight excluding hydrogens is 171 g/mol. The Balaban J connectivity index is 2.34. The van der Waals surface area contributed by atoms with Gasteiger partial charge >= 0.3 is 6.04 Å². The lowest BCUT2D eigenvalue weighted by Gasteiger charge is -2.19. The predicted molar refractivity (Wildman–Crippen MR) is 48.6 cm³/mol. The maximum absolute atomic E-state index is 12.5. The molecule has 3 heteroatoms. The molecular formula is C10H19FO2. The van der Waals surface area contributed by atoms with Crippen molar-refractivity contribution >= 4 is 0 Å². The van der Waals surface area contributed by atoms with E-state index in [9.17, 15) is 4.39 Å². The second kappa shape index (κ2) is 4.38. The Labute approximate surface area is 78.8 Å². The monoisotopic (exact) mass is 190 g/mol. The predicted octanol–water partition coefficient (Wildman–Crippen LogP) is 2.20. The Kier molecular flexibility index (Phi) is 3.68. The van der Waals surface area contributed by atoms with Gasteiger partial charge in [-0.25, -0.2) is 0 Å². The second-order valence-corrected chi connectivity index (χ2v) is 4.40. The number of hydrogen-bond acceptors (Lipinski definition) is 2. The van der Waals surface area contributed by atoms with E-state index in [2.05, 4.69) is 6.92 Å². The molecule has 1 aliphatic rings. The van der Waals surface area contributed by atoms with Gasteiger partial charge in [0.15, 0.2) is 0 Å². The van der Waals surface area contributed by atoms with Gasteiger partial charge in [0.25, 0.3) is 0 Å². The summed E-state index contributed by atoms with van der Waals surface area (Å²) in [5.74, 6) is 0.848. The molecule has 78 valence electrons. The highest BCUT2D eigenvalue weighted by Gasteiger charge is 2.28. The summed E-state index contributed by atoms with van der Waals surface area (Å²) in [6.45, 7) is 2.20. The number of rotatable bonds is 2. The van der Waals surface area contributed by atoms with Crippen molar-refractivity contribution in [2.45, 2.75) is 51.5 Å². The number of aliphatic hydroxyl groups is 2. The van der Waals surface area contributed by atoms with Crippen molar-refractivity contribution in [2.75, 3.05) is 0 Å². The maximum Gasteiger partial charge on any atom is 0.315 e. The molecule has 2 nitrogen and oxygen atoms in total. The van der Waals surface area contributed by atoms with Crippen molar-refractivity contribution < 1.29 is 14.6 Å². The molecule has 0 heterocycles. The topological polar surface area (TPSA) is 40.5 Å². The fourth-order valence-electron chi connectivity index (χ4n) is 2.14. The normalized spacial score (nSPS) is 31.4. The summed E-state index contributed by atoms with van der Waals surface area (Å²) in [7, 11) is 0. The van der Waals surface area contributed by atoms with Crippen LogP contribution in [0.3, 0.4) is 0 Å². The summed E-state index contributed by atoms with van der Waals surface area (Å²) in [6, 6.07) is -2.96.